The number of para-hydroxylation sites is 1. The van der Waals surface area contributed by atoms with Gasteiger partial charge in [0.2, 0.25) is 0 Å². The highest BCUT2D eigenvalue weighted by atomic mass is 32.1. The Bertz CT molecular complexity index is 673. The summed E-state index contributed by atoms with van der Waals surface area (Å²) in [5.41, 5.74) is 4.91. The molecule has 0 radical (unpaired) electrons. The van der Waals surface area contributed by atoms with Crippen molar-refractivity contribution < 1.29 is 0 Å². The number of nitrogens with one attached hydrogen (secondary N) is 1. The summed E-state index contributed by atoms with van der Waals surface area (Å²) in [7, 11) is 0. The van der Waals surface area contributed by atoms with Crippen LogP contribution < -0.4 is 5.32 Å². The van der Waals surface area contributed by atoms with Crippen molar-refractivity contribution in [3.8, 4) is 0 Å². The van der Waals surface area contributed by atoms with Crippen molar-refractivity contribution in [3.63, 3.8) is 0 Å². The maximum Gasteiger partial charge on any atom is 0.174 e. The topological polar surface area (TPSA) is 28.2 Å². The van der Waals surface area contributed by atoms with Gasteiger partial charge in [0.1, 0.15) is 0 Å². The molecule has 1 N–H and O–H groups in total. The molecule has 0 amide bonds. The summed E-state index contributed by atoms with van der Waals surface area (Å²) in [5, 5.41) is 4.37. The Labute approximate surface area is 150 Å². The fraction of sp³-hybridized carbons (Fsp3) is 0.400. The van der Waals surface area contributed by atoms with Crippen molar-refractivity contribution in [1.82, 2.24) is 9.88 Å². The van der Waals surface area contributed by atoms with E-state index in [4.69, 9.17) is 12.2 Å². The van der Waals surface area contributed by atoms with Gasteiger partial charge in [-0.1, -0.05) is 38.1 Å². The summed E-state index contributed by atoms with van der Waals surface area (Å²) in [4.78, 5) is 6.75. The molecule has 1 aliphatic rings. The quantitative estimate of drug-likeness (QED) is 0.781. The van der Waals surface area contributed by atoms with Crippen molar-refractivity contribution in [1.29, 1.82) is 0 Å². The van der Waals surface area contributed by atoms with Gasteiger partial charge in [0.15, 0.2) is 5.11 Å². The fourth-order valence-electron chi connectivity index (χ4n) is 3.00. The average Bonchev–Trinajstić information content (AvgIpc) is 3.45. The number of aryl methyl sites for hydroxylation is 2. The molecule has 3 rings (SSSR count). The molecule has 4 heteroatoms. The first-order valence-electron chi connectivity index (χ1n) is 8.81. The lowest BCUT2D eigenvalue weighted by molar-refractivity contribution is 0.404. The predicted octanol–water partition coefficient (Wildman–Crippen LogP) is 4.57. The molecule has 0 aliphatic heterocycles. The molecule has 0 spiro atoms. The van der Waals surface area contributed by atoms with Crippen LogP contribution in [0.1, 0.15) is 43.5 Å². The van der Waals surface area contributed by atoms with Gasteiger partial charge in [0.25, 0.3) is 0 Å². The molecule has 1 aliphatic carbocycles. The van der Waals surface area contributed by atoms with Gasteiger partial charge in [-0.2, -0.15) is 0 Å². The SMILES string of the molecule is CCc1cccc(CC)c1NC(=S)N(Cc1ccccn1)C1CC1. The zero-order valence-electron chi connectivity index (χ0n) is 14.5. The summed E-state index contributed by atoms with van der Waals surface area (Å²) in [6.07, 6.45) is 6.28. The highest BCUT2D eigenvalue weighted by molar-refractivity contribution is 7.80. The van der Waals surface area contributed by atoms with E-state index in [-0.39, 0.29) is 0 Å². The smallest absolute Gasteiger partial charge is 0.174 e. The molecular formula is C20H25N3S. The third-order valence-corrected chi connectivity index (χ3v) is 4.87. The first kappa shape index (κ1) is 16.9. The van der Waals surface area contributed by atoms with E-state index in [1.54, 1.807) is 0 Å². The summed E-state index contributed by atoms with van der Waals surface area (Å²) < 4.78 is 0. The van der Waals surface area contributed by atoms with E-state index in [1.165, 1.54) is 29.7 Å². The number of rotatable bonds is 6. The largest absolute Gasteiger partial charge is 0.340 e. The van der Waals surface area contributed by atoms with Crippen molar-refractivity contribution in [2.45, 2.75) is 52.1 Å². The first-order valence-corrected chi connectivity index (χ1v) is 9.22. The molecule has 24 heavy (non-hydrogen) atoms. The molecule has 2 aromatic rings. The Hall–Kier alpha value is -1.94. The van der Waals surface area contributed by atoms with E-state index in [0.717, 1.165) is 30.2 Å². The Morgan fingerprint density at radius 1 is 1.12 bits per heavy atom. The van der Waals surface area contributed by atoms with Gasteiger partial charge in [0.05, 0.1) is 12.2 Å². The summed E-state index contributed by atoms with van der Waals surface area (Å²) in [6.45, 7) is 5.15. The van der Waals surface area contributed by atoms with Gasteiger partial charge in [-0.15, -0.1) is 0 Å². The van der Waals surface area contributed by atoms with Crippen LogP contribution in [0.5, 0.6) is 0 Å². The third-order valence-electron chi connectivity index (χ3n) is 4.54. The van der Waals surface area contributed by atoms with Crippen molar-refractivity contribution >= 4 is 23.0 Å². The number of thiocarbonyl (C=S) groups is 1. The molecule has 0 unspecified atom stereocenters. The van der Waals surface area contributed by atoms with Crippen LogP contribution in [0.4, 0.5) is 5.69 Å². The van der Waals surface area contributed by atoms with Gasteiger partial charge < -0.3 is 10.2 Å². The molecule has 1 aromatic heterocycles. The maximum absolute atomic E-state index is 5.77. The number of hydrogen-bond donors (Lipinski definition) is 1. The van der Waals surface area contributed by atoms with Gasteiger partial charge in [-0.05, 0) is 61.2 Å². The van der Waals surface area contributed by atoms with Crippen LogP contribution in [0.15, 0.2) is 42.6 Å². The minimum Gasteiger partial charge on any atom is -0.340 e. The van der Waals surface area contributed by atoms with Crippen LogP contribution in [0.25, 0.3) is 0 Å². The minimum atomic E-state index is 0.547. The molecule has 1 fully saturated rings. The van der Waals surface area contributed by atoms with Crippen LogP contribution in [0.2, 0.25) is 0 Å². The Morgan fingerprint density at radius 3 is 2.38 bits per heavy atom. The van der Waals surface area contributed by atoms with E-state index in [0.29, 0.717) is 6.04 Å². The van der Waals surface area contributed by atoms with Crippen LogP contribution in [0.3, 0.4) is 0 Å². The molecule has 3 nitrogen and oxygen atoms in total. The van der Waals surface area contributed by atoms with Crippen LogP contribution in [-0.4, -0.2) is 21.0 Å². The van der Waals surface area contributed by atoms with Crippen molar-refractivity contribution in [2.75, 3.05) is 5.32 Å². The number of nitrogens with zero attached hydrogens (tertiary/aromatic N) is 2. The number of hydrogen-bond acceptors (Lipinski definition) is 2. The lowest BCUT2D eigenvalue weighted by Crippen LogP contribution is -2.36. The highest BCUT2D eigenvalue weighted by Gasteiger charge is 2.31. The van der Waals surface area contributed by atoms with E-state index in [9.17, 15) is 0 Å². The number of pyridine rings is 1. The van der Waals surface area contributed by atoms with Crippen molar-refractivity contribution in [2.24, 2.45) is 0 Å². The lowest BCUT2D eigenvalue weighted by atomic mass is 10.0. The third kappa shape index (κ3) is 3.93. The van der Waals surface area contributed by atoms with E-state index < -0.39 is 0 Å². The average molecular weight is 340 g/mol. The van der Waals surface area contributed by atoms with Crippen molar-refractivity contribution in [3.05, 3.63) is 59.4 Å². The molecule has 1 saturated carbocycles. The molecule has 0 saturated heterocycles. The Morgan fingerprint density at radius 2 is 1.83 bits per heavy atom. The molecule has 1 heterocycles. The predicted molar refractivity (Wildman–Crippen MR) is 104 cm³/mol. The zero-order chi connectivity index (χ0) is 16.9. The standard InChI is InChI=1S/C20H25N3S/c1-3-15-8-7-9-16(4-2)19(15)22-20(24)23(18-11-12-18)14-17-10-5-6-13-21-17/h5-10,13,18H,3-4,11-12,14H2,1-2H3,(H,22,24). The number of aromatic nitrogens is 1. The fourth-order valence-corrected chi connectivity index (χ4v) is 3.32. The van der Waals surface area contributed by atoms with Crippen LogP contribution >= 0.6 is 12.2 Å². The Balaban J connectivity index is 1.79. The molecule has 126 valence electrons. The number of benzene rings is 1. The second-order valence-electron chi connectivity index (χ2n) is 6.27. The van der Waals surface area contributed by atoms with Gasteiger partial charge in [-0.25, -0.2) is 0 Å². The number of anilines is 1. The molecule has 0 bridgehead atoms. The van der Waals surface area contributed by atoms with Crippen LogP contribution in [0, 0.1) is 0 Å². The second kappa shape index (κ2) is 7.75. The van der Waals surface area contributed by atoms with Crippen LogP contribution in [-0.2, 0) is 19.4 Å². The zero-order valence-corrected chi connectivity index (χ0v) is 15.3. The van der Waals surface area contributed by atoms with E-state index in [2.05, 4.69) is 53.3 Å². The summed E-state index contributed by atoms with van der Waals surface area (Å²) in [5.74, 6) is 0. The lowest BCUT2D eigenvalue weighted by Gasteiger charge is -2.27. The summed E-state index contributed by atoms with van der Waals surface area (Å²) in [6, 6.07) is 13.1. The molecular weight excluding hydrogens is 314 g/mol. The summed E-state index contributed by atoms with van der Waals surface area (Å²) >= 11 is 5.77. The molecule has 0 atom stereocenters. The normalized spacial score (nSPS) is 13.6. The van der Waals surface area contributed by atoms with Gasteiger partial charge in [-0.3, -0.25) is 4.98 Å². The Kier molecular flexibility index (Phi) is 5.46. The maximum atomic E-state index is 5.77. The monoisotopic (exact) mass is 339 g/mol. The van der Waals surface area contributed by atoms with E-state index in [1.807, 2.05) is 18.3 Å². The minimum absolute atomic E-state index is 0.547. The first-order chi connectivity index (χ1) is 11.7. The molecule has 1 aromatic carbocycles. The van der Waals surface area contributed by atoms with Gasteiger partial charge >= 0.3 is 0 Å². The highest BCUT2D eigenvalue weighted by Crippen LogP contribution is 2.30. The van der Waals surface area contributed by atoms with Gasteiger partial charge in [0, 0.05) is 17.9 Å². The van der Waals surface area contributed by atoms with E-state index >= 15 is 0 Å². The second-order valence-corrected chi connectivity index (χ2v) is 6.66.